The Bertz CT molecular complexity index is 5050. The molecule has 2 aliphatic heterocycles. The minimum absolute atomic E-state index is 0.00163. The lowest BCUT2D eigenvalue weighted by Gasteiger charge is -2.36. The van der Waals surface area contributed by atoms with Crippen molar-refractivity contribution in [3.63, 3.8) is 0 Å². The average Bonchev–Trinajstić information content (AvgIpc) is 1.48. The number of fused-ring (bicyclic) bond motifs is 3. The average molecular weight is 1870 g/mol. The second kappa shape index (κ2) is 50.9. The Labute approximate surface area is 773 Å². The number of H-pyrrole nitrogens is 2. The highest BCUT2D eigenvalue weighted by atomic mass is 32.2. The largest absolute Gasteiger partial charge is 0.394 e. The van der Waals surface area contributed by atoms with Gasteiger partial charge in [-0.1, -0.05) is 120 Å². The molecule has 2 fully saturated rings. The standard InChI is InChI=1S/C89H125N23O18S2/c1-10-12-29-68-82(124)101-59(28-21-33-95-89(92)93)78(120)107-67(77(119)97-43-73(91)115)47-131-48-75(117)100-63(36-52-23-15-14-16-24-52)85(127)109(7)51(5)76(118)103-65(40-72(90)114)87(129)112-34-22-31-69(112)83(125)102-61(39-55-42-94-49-98-55)80(122)104-62(35-50(3)4)84(126)108(6)44-74(116)99-60(37-53-41-96-58-27-19-17-25-56(53)58)79(121)106-66(45-113)81(123)105-64(38-54-46-132-71-32-20-18-26-57(54)71)86(128)111(9)70(30-13-11-2)88(130)110(68)8/h14-20,23-27,32,41-42,46,49-51,59-70,96,113H,10-13,21-22,28-31,33-40,43-45,47-48H2,1-9H3,(H2,90,114)(H2,91,115)(H,94,98)(H,97,119)(H,99,116)(H,100,117)(H,101,124)(H,102,125)(H,103,118)(H,104,122)(H,105,123)(H,106,121)(H,107,120)(H4,92,93,95)/t51-,59-,60-,61-,62-,63-,64-,65-,66-,67-,68-,69-,70-/m0/s1. The summed E-state index contributed by atoms with van der Waals surface area (Å²) in [5, 5.41) is 51.4. The summed E-state index contributed by atoms with van der Waals surface area (Å²) >= 11 is 2.16. The molecular formula is C89H125N23O18S2. The summed E-state index contributed by atoms with van der Waals surface area (Å²) in [6.45, 7) is 5.96. The summed E-state index contributed by atoms with van der Waals surface area (Å²) in [6, 6.07) is 3.18. The van der Waals surface area contributed by atoms with Crippen LogP contribution in [0.15, 0.2) is 103 Å². The van der Waals surface area contributed by atoms with Gasteiger partial charge < -0.3 is 115 Å². The Morgan fingerprint density at radius 2 is 1.14 bits per heavy atom. The first kappa shape index (κ1) is 104. The van der Waals surface area contributed by atoms with Crippen LogP contribution in [-0.2, 0) is 107 Å². The number of thioether (sulfide) groups is 1. The van der Waals surface area contributed by atoms with E-state index in [-0.39, 0.29) is 89.6 Å². The zero-order chi connectivity index (χ0) is 96.6. The number of benzene rings is 3. The number of guanidine groups is 1. The number of imidazole rings is 1. The van der Waals surface area contributed by atoms with E-state index < -0.39 is 223 Å². The number of aliphatic hydroxyl groups excluding tert-OH is 1. The number of rotatable bonds is 26. The third-order valence-electron chi connectivity index (χ3n) is 23.0. The highest BCUT2D eigenvalue weighted by Crippen LogP contribution is 2.29. The number of aromatic amines is 2. The van der Waals surface area contributed by atoms with Crippen LogP contribution >= 0.6 is 23.1 Å². The first-order valence-corrected chi connectivity index (χ1v) is 46.1. The van der Waals surface area contributed by atoms with Crippen LogP contribution in [0.25, 0.3) is 21.0 Å². The molecule has 3 aromatic carbocycles. The van der Waals surface area contributed by atoms with E-state index in [1.807, 2.05) is 32.0 Å². The topological polar surface area (TPSA) is 605 Å². The SMILES string of the molecule is CCCC[C@H]1C(=O)N(C)[C@@H](CCCC)C(=O)N[C@@H](CCCNC(=N)N)C(=O)N[C@H](C(=O)NCC(N)=O)CSCC(=O)N[C@@H](Cc2ccccc2)C(=O)N(C)[C@@H](C)C(=O)N[C@@H](CC(N)=O)C(=O)N2CCC[C@H]2C(=O)N[C@@H](Cc2cnc[nH]2)C(=O)N[C@@H](CC(C)C)C(=O)N(C)CC(=O)N[C@@H](Cc2c[nH]c3ccccc23)C(=O)N[C@@H](CO)C(=O)N[C@@H](Cc2csc3ccccc23)C(=O)N1C. The zero-order valence-corrected chi connectivity index (χ0v) is 77.4. The number of likely N-dealkylation sites (N-methyl/N-ethyl adjacent to an activating group) is 4. The van der Waals surface area contributed by atoms with E-state index in [0.29, 0.717) is 59.0 Å². The number of nitrogens with two attached hydrogens (primary N) is 3. The molecule has 0 unspecified atom stereocenters. The fourth-order valence-corrected chi connectivity index (χ4v) is 17.5. The number of carbonyl (C=O) groups is 17. The van der Waals surface area contributed by atoms with Crippen LogP contribution in [-0.4, -0.2) is 302 Å². The summed E-state index contributed by atoms with van der Waals surface area (Å²) < 4.78 is 0.826. The van der Waals surface area contributed by atoms with Crippen molar-refractivity contribution in [3.05, 3.63) is 125 Å². The molecule has 716 valence electrons. The van der Waals surface area contributed by atoms with E-state index in [1.54, 1.807) is 86.1 Å². The third kappa shape index (κ3) is 30.3. The van der Waals surface area contributed by atoms with Crippen molar-refractivity contribution < 1.29 is 86.6 Å². The molecule has 17 amide bonds. The van der Waals surface area contributed by atoms with Crippen molar-refractivity contribution in [3.8, 4) is 0 Å². The molecule has 0 aliphatic carbocycles. The number of primary amides is 2. The van der Waals surface area contributed by atoms with Gasteiger partial charge in [0.25, 0.3) is 0 Å². The van der Waals surface area contributed by atoms with Crippen molar-refractivity contribution in [1.82, 2.24) is 97.9 Å². The Hall–Kier alpha value is -13.1. The summed E-state index contributed by atoms with van der Waals surface area (Å²) in [7, 11) is 5.27. The fraction of sp³-hybridized carbons (Fsp3) is 0.517. The summed E-state index contributed by atoms with van der Waals surface area (Å²) in [5.41, 5.74) is 19.5. The fourth-order valence-electron chi connectivity index (χ4n) is 15.7. The molecule has 3 aromatic heterocycles. The second-order valence-electron chi connectivity index (χ2n) is 33.6. The van der Waals surface area contributed by atoms with Crippen LogP contribution in [0.2, 0.25) is 0 Å². The van der Waals surface area contributed by atoms with Gasteiger partial charge in [-0.3, -0.25) is 86.9 Å². The van der Waals surface area contributed by atoms with E-state index in [2.05, 4.69) is 73.4 Å². The number of para-hydroxylation sites is 1. The van der Waals surface area contributed by atoms with Crippen LogP contribution in [0.4, 0.5) is 0 Å². The monoisotopic (exact) mass is 1870 g/mol. The van der Waals surface area contributed by atoms with E-state index in [1.165, 1.54) is 63.9 Å². The molecule has 2 aliphatic rings. The molecule has 0 bridgehead atoms. The van der Waals surface area contributed by atoms with Gasteiger partial charge in [-0.15, -0.1) is 23.1 Å². The van der Waals surface area contributed by atoms with Gasteiger partial charge in [0.05, 0.1) is 38.2 Å². The summed E-state index contributed by atoms with van der Waals surface area (Å²) in [5.74, 6) is -17.0. The molecule has 2 saturated heterocycles. The number of hydrogen-bond acceptors (Lipinski definition) is 22. The van der Waals surface area contributed by atoms with Gasteiger partial charge in [0, 0.05) is 106 Å². The Morgan fingerprint density at radius 1 is 0.561 bits per heavy atom. The predicted octanol–water partition coefficient (Wildman–Crippen LogP) is -1.40. The molecule has 43 heteroatoms. The van der Waals surface area contributed by atoms with Gasteiger partial charge in [0.1, 0.15) is 78.5 Å². The van der Waals surface area contributed by atoms with Gasteiger partial charge in [0.2, 0.25) is 100 Å². The summed E-state index contributed by atoms with van der Waals surface area (Å²) in [6.07, 6.45) is 4.47. The van der Waals surface area contributed by atoms with E-state index in [0.717, 1.165) is 41.4 Å². The minimum Gasteiger partial charge on any atom is -0.394 e. The van der Waals surface area contributed by atoms with Crippen LogP contribution in [0.1, 0.15) is 134 Å². The van der Waals surface area contributed by atoms with Crippen molar-refractivity contribution in [1.29, 1.82) is 5.41 Å². The molecule has 6 aromatic rings. The van der Waals surface area contributed by atoms with Gasteiger partial charge in [0.15, 0.2) is 5.96 Å². The summed E-state index contributed by atoms with van der Waals surface area (Å²) in [4.78, 5) is 264. The smallest absolute Gasteiger partial charge is 0.246 e. The highest BCUT2D eigenvalue weighted by molar-refractivity contribution is 8.00. The molecule has 0 spiro atoms. The molecular weight excluding hydrogens is 1740 g/mol. The Balaban J connectivity index is 1.18. The van der Waals surface area contributed by atoms with Crippen molar-refractivity contribution in [2.24, 2.45) is 23.1 Å². The first-order valence-electron chi connectivity index (χ1n) is 44.1. The minimum atomic E-state index is -1.84. The van der Waals surface area contributed by atoms with Crippen molar-refractivity contribution in [2.45, 2.75) is 216 Å². The lowest BCUT2D eigenvalue weighted by atomic mass is 10.00. The number of amides is 17. The lowest BCUT2D eigenvalue weighted by Crippen LogP contribution is -2.61. The second-order valence-corrected chi connectivity index (χ2v) is 35.5. The van der Waals surface area contributed by atoms with Crippen LogP contribution in [0.3, 0.4) is 0 Å². The number of hydrogen-bond donors (Lipinski definition) is 18. The van der Waals surface area contributed by atoms with Crippen LogP contribution in [0.5, 0.6) is 0 Å². The first-order chi connectivity index (χ1) is 62.9. The number of nitrogens with one attached hydrogen (secondary N) is 14. The van der Waals surface area contributed by atoms with Gasteiger partial charge in [-0.25, -0.2) is 4.98 Å². The molecule has 132 heavy (non-hydrogen) atoms. The van der Waals surface area contributed by atoms with E-state index in [9.17, 15) is 62.6 Å². The maximum Gasteiger partial charge on any atom is 0.246 e. The zero-order valence-electron chi connectivity index (χ0n) is 75.8. The molecule has 5 heterocycles. The Kier molecular flexibility index (Phi) is 40.3. The quantitative estimate of drug-likeness (QED) is 0.0169. The number of aliphatic hydroxyl groups is 1. The number of unbranched alkanes of at least 4 members (excludes halogenated alkanes) is 2. The number of aromatic nitrogens is 3. The highest BCUT2D eigenvalue weighted by Gasteiger charge is 2.44. The molecule has 8 rings (SSSR count). The lowest BCUT2D eigenvalue weighted by molar-refractivity contribution is -0.149. The maximum atomic E-state index is 15.7. The van der Waals surface area contributed by atoms with Crippen molar-refractivity contribution >= 4 is 150 Å². The van der Waals surface area contributed by atoms with Crippen LogP contribution < -0.4 is 75.7 Å². The maximum absolute atomic E-state index is 15.7. The van der Waals surface area contributed by atoms with E-state index >= 15 is 24.0 Å². The predicted molar refractivity (Wildman–Crippen MR) is 493 cm³/mol. The number of thiophene rings is 1. The van der Waals surface area contributed by atoms with E-state index in [4.69, 9.17) is 22.6 Å². The molecule has 21 N–H and O–H groups in total. The van der Waals surface area contributed by atoms with Gasteiger partial charge in [-0.2, -0.15) is 0 Å². The molecule has 0 saturated carbocycles. The normalized spacial score (nSPS) is 23.5. The molecule has 41 nitrogen and oxygen atoms in total. The third-order valence-corrected chi connectivity index (χ3v) is 25.1. The van der Waals surface area contributed by atoms with Crippen LogP contribution in [0, 0.1) is 11.3 Å². The Morgan fingerprint density at radius 3 is 1.80 bits per heavy atom. The molecule has 0 radical (unpaired) electrons. The number of nitrogens with zero attached hydrogens (tertiary/aromatic N) is 6. The van der Waals surface area contributed by atoms with Gasteiger partial charge >= 0.3 is 0 Å². The molecule has 13 atom stereocenters. The van der Waals surface area contributed by atoms with Gasteiger partial charge in [-0.05, 0) is 97.4 Å². The number of carbonyl (C=O) groups excluding carboxylic acids is 17. The van der Waals surface area contributed by atoms with Crippen molar-refractivity contribution in [2.75, 3.05) is 72.5 Å².